The summed E-state index contributed by atoms with van der Waals surface area (Å²) in [5.74, 6) is 0.552. The summed E-state index contributed by atoms with van der Waals surface area (Å²) in [7, 11) is 0. The highest BCUT2D eigenvalue weighted by molar-refractivity contribution is 5.85. The van der Waals surface area contributed by atoms with Crippen molar-refractivity contribution in [1.82, 2.24) is 4.98 Å². The highest BCUT2D eigenvalue weighted by Crippen LogP contribution is 2.21. The van der Waals surface area contributed by atoms with E-state index in [2.05, 4.69) is 18.0 Å². The predicted octanol–water partition coefficient (Wildman–Crippen LogP) is 4.46. The van der Waals surface area contributed by atoms with Crippen LogP contribution < -0.4 is 4.74 Å². The van der Waals surface area contributed by atoms with E-state index in [1.807, 2.05) is 24.3 Å². The molecule has 0 N–H and O–H groups in total. The fraction of sp³-hybridized carbons (Fsp3) is 0.412. The van der Waals surface area contributed by atoms with E-state index < -0.39 is 0 Å². The fourth-order valence-corrected chi connectivity index (χ4v) is 2.20. The number of nitrogens with zero attached hydrogens (tertiary/aromatic N) is 2. The Morgan fingerprint density at radius 2 is 1.95 bits per heavy atom. The van der Waals surface area contributed by atoms with Crippen LogP contribution in [-0.2, 0) is 0 Å². The summed E-state index contributed by atoms with van der Waals surface area (Å²) >= 11 is 0. The minimum Gasteiger partial charge on any atom is -0.478 e. The monoisotopic (exact) mass is 268 g/mol. The van der Waals surface area contributed by atoms with Gasteiger partial charge < -0.3 is 4.74 Å². The largest absolute Gasteiger partial charge is 0.478 e. The van der Waals surface area contributed by atoms with Crippen molar-refractivity contribution in [3.05, 3.63) is 35.9 Å². The average Bonchev–Trinajstić information content (AvgIpc) is 2.50. The van der Waals surface area contributed by atoms with Gasteiger partial charge in [-0.3, -0.25) is 0 Å². The van der Waals surface area contributed by atoms with Gasteiger partial charge in [-0.05, 0) is 12.5 Å². The molecule has 0 spiro atoms. The fourth-order valence-electron chi connectivity index (χ4n) is 2.20. The van der Waals surface area contributed by atoms with Crippen LogP contribution in [0.5, 0.6) is 5.88 Å². The molecule has 104 valence electrons. The maximum Gasteiger partial charge on any atom is 0.215 e. The number of nitriles is 1. The molecular formula is C17H20N2O. The first-order valence-electron chi connectivity index (χ1n) is 7.28. The van der Waals surface area contributed by atoms with Crippen molar-refractivity contribution in [2.24, 2.45) is 0 Å². The Hall–Kier alpha value is -2.08. The molecule has 0 saturated heterocycles. The first-order chi connectivity index (χ1) is 9.85. The van der Waals surface area contributed by atoms with Gasteiger partial charge in [-0.25, -0.2) is 4.98 Å². The van der Waals surface area contributed by atoms with Crippen LogP contribution in [0.3, 0.4) is 0 Å². The molecule has 20 heavy (non-hydrogen) atoms. The molecule has 0 amide bonds. The number of unbranched alkanes of at least 4 members (excludes halogenated alkanes) is 4. The number of rotatable bonds is 7. The predicted molar refractivity (Wildman–Crippen MR) is 80.7 cm³/mol. The molecule has 0 aliphatic heterocycles. The third kappa shape index (κ3) is 3.71. The lowest BCUT2D eigenvalue weighted by Gasteiger charge is -2.07. The van der Waals surface area contributed by atoms with Crippen molar-refractivity contribution < 1.29 is 4.74 Å². The Labute approximate surface area is 120 Å². The van der Waals surface area contributed by atoms with Gasteiger partial charge in [0.2, 0.25) is 5.88 Å². The van der Waals surface area contributed by atoms with E-state index in [0.29, 0.717) is 18.1 Å². The normalized spacial score (nSPS) is 10.4. The van der Waals surface area contributed by atoms with Crippen molar-refractivity contribution in [3.63, 3.8) is 0 Å². The van der Waals surface area contributed by atoms with Crippen LogP contribution >= 0.6 is 0 Å². The summed E-state index contributed by atoms with van der Waals surface area (Å²) in [6.45, 7) is 2.87. The van der Waals surface area contributed by atoms with Crippen LogP contribution in [0.1, 0.15) is 44.6 Å². The molecule has 1 aromatic heterocycles. The Bertz CT molecular complexity index is 601. The Morgan fingerprint density at radius 1 is 1.15 bits per heavy atom. The van der Waals surface area contributed by atoms with Gasteiger partial charge in [0, 0.05) is 11.5 Å². The molecule has 0 fully saturated rings. The van der Waals surface area contributed by atoms with E-state index in [1.165, 1.54) is 25.7 Å². The number of aromatic nitrogens is 1. The SMILES string of the molecule is CCCCCCCOc1cc(C#N)c2ccccc2n1. The summed E-state index contributed by atoms with van der Waals surface area (Å²) in [6, 6.07) is 11.6. The van der Waals surface area contributed by atoms with Crippen LogP contribution in [0.4, 0.5) is 0 Å². The van der Waals surface area contributed by atoms with Crippen molar-refractivity contribution >= 4 is 10.9 Å². The number of ether oxygens (including phenoxy) is 1. The van der Waals surface area contributed by atoms with Crippen LogP contribution in [0.2, 0.25) is 0 Å². The highest BCUT2D eigenvalue weighted by atomic mass is 16.5. The van der Waals surface area contributed by atoms with Gasteiger partial charge in [-0.2, -0.15) is 5.26 Å². The third-order valence-electron chi connectivity index (χ3n) is 3.31. The van der Waals surface area contributed by atoms with Crippen molar-refractivity contribution in [2.75, 3.05) is 6.61 Å². The van der Waals surface area contributed by atoms with Gasteiger partial charge in [-0.15, -0.1) is 0 Å². The number of fused-ring (bicyclic) bond motifs is 1. The van der Waals surface area contributed by atoms with Gasteiger partial charge in [0.1, 0.15) is 6.07 Å². The zero-order valence-electron chi connectivity index (χ0n) is 11.9. The Morgan fingerprint density at radius 3 is 2.75 bits per heavy atom. The van der Waals surface area contributed by atoms with Crippen LogP contribution in [0, 0.1) is 11.3 Å². The second kappa shape index (κ2) is 7.49. The summed E-state index contributed by atoms with van der Waals surface area (Å²) < 4.78 is 5.67. The summed E-state index contributed by atoms with van der Waals surface area (Å²) in [4.78, 5) is 4.44. The molecule has 1 heterocycles. The minimum absolute atomic E-state index is 0.552. The smallest absolute Gasteiger partial charge is 0.215 e. The van der Waals surface area contributed by atoms with Crippen molar-refractivity contribution in [2.45, 2.75) is 39.0 Å². The quantitative estimate of drug-likeness (QED) is 0.697. The topological polar surface area (TPSA) is 45.9 Å². The standard InChI is InChI=1S/C17H20N2O/c1-2-3-4-5-8-11-20-17-12-14(13-18)15-9-6-7-10-16(15)19-17/h6-7,9-10,12H,2-5,8,11H2,1H3. The molecule has 0 atom stereocenters. The van der Waals surface area contributed by atoms with Gasteiger partial charge in [-0.1, -0.05) is 50.8 Å². The number of para-hydroxylation sites is 1. The number of hydrogen-bond acceptors (Lipinski definition) is 3. The Balaban J connectivity index is 1.99. The van der Waals surface area contributed by atoms with E-state index in [0.717, 1.165) is 17.3 Å². The van der Waals surface area contributed by atoms with E-state index in [-0.39, 0.29) is 0 Å². The number of hydrogen-bond donors (Lipinski definition) is 0. The summed E-state index contributed by atoms with van der Waals surface area (Å²) in [5.41, 5.74) is 1.43. The van der Waals surface area contributed by atoms with E-state index in [9.17, 15) is 5.26 Å². The average molecular weight is 268 g/mol. The summed E-state index contributed by atoms with van der Waals surface area (Å²) in [5, 5.41) is 10.1. The van der Waals surface area contributed by atoms with E-state index in [1.54, 1.807) is 6.07 Å². The molecule has 0 saturated carbocycles. The lowest BCUT2D eigenvalue weighted by molar-refractivity contribution is 0.294. The second-order valence-corrected chi connectivity index (χ2v) is 4.90. The Kier molecular flexibility index (Phi) is 5.37. The molecule has 2 rings (SSSR count). The van der Waals surface area contributed by atoms with E-state index >= 15 is 0 Å². The highest BCUT2D eigenvalue weighted by Gasteiger charge is 2.05. The molecule has 0 aliphatic carbocycles. The van der Waals surface area contributed by atoms with Crippen molar-refractivity contribution in [1.29, 1.82) is 5.26 Å². The first-order valence-corrected chi connectivity index (χ1v) is 7.28. The lowest BCUT2D eigenvalue weighted by atomic mass is 10.1. The molecule has 1 aromatic carbocycles. The van der Waals surface area contributed by atoms with Crippen LogP contribution in [0.25, 0.3) is 10.9 Å². The third-order valence-corrected chi connectivity index (χ3v) is 3.31. The van der Waals surface area contributed by atoms with E-state index in [4.69, 9.17) is 4.74 Å². The second-order valence-electron chi connectivity index (χ2n) is 4.90. The minimum atomic E-state index is 0.552. The van der Waals surface area contributed by atoms with Crippen molar-refractivity contribution in [3.8, 4) is 11.9 Å². The molecule has 0 radical (unpaired) electrons. The van der Waals surface area contributed by atoms with Crippen LogP contribution in [-0.4, -0.2) is 11.6 Å². The zero-order valence-corrected chi connectivity index (χ0v) is 11.9. The first kappa shape index (κ1) is 14.3. The molecular weight excluding hydrogens is 248 g/mol. The molecule has 3 heteroatoms. The molecule has 2 aromatic rings. The van der Waals surface area contributed by atoms with Crippen LogP contribution in [0.15, 0.2) is 30.3 Å². The number of benzene rings is 1. The molecule has 0 aliphatic rings. The van der Waals surface area contributed by atoms with Gasteiger partial charge >= 0.3 is 0 Å². The summed E-state index contributed by atoms with van der Waals surface area (Å²) in [6.07, 6.45) is 6.02. The number of pyridine rings is 1. The molecule has 3 nitrogen and oxygen atoms in total. The van der Waals surface area contributed by atoms with Gasteiger partial charge in [0.05, 0.1) is 17.7 Å². The lowest BCUT2D eigenvalue weighted by Crippen LogP contribution is -2.00. The zero-order chi connectivity index (χ0) is 14.2. The maximum absolute atomic E-state index is 9.20. The van der Waals surface area contributed by atoms with Gasteiger partial charge in [0.15, 0.2) is 0 Å². The molecule has 0 bridgehead atoms. The van der Waals surface area contributed by atoms with Gasteiger partial charge in [0.25, 0.3) is 0 Å². The molecule has 0 unspecified atom stereocenters. The maximum atomic E-state index is 9.20.